The van der Waals surface area contributed by atoms with Crippen molar-refractivity contribution in [3.63, 3.8) is 0 Å². The summed E-state index contributed by atoms with van der Waals surface area (Å²) in [5.74, 6) is 0.0914. The highest BCUT2D eigenvalue weighted by Gasteiger charge is 2.25. The number of carbonyl (C=O) groups excluding carboxylic acids is 1. The van der Waals surface area contributed by atoms with Crippen molar-refractivity contribution >= 4 is 5.91 Å². The van der Waals surface area contributed by atoms with E-state index in [4.69, 9.17) is 5.26 Å². The van der Waals surface area contributed by atoms with Gasteiger partial charge in [-0.05, 0) is 20.8 Å². The molecule has 0 aliphatic carbocycles. The highest BCUT2D eigenvalue weighted by atomic mass is 16.2. The second-order valence-electron chi connectivity index (χ2n) is 4.81. The van der Waals surface area contributed by atoms with Gasteiger partial charge in [-0.3, -0.25) is 14.6 Å². The number of hydrogen-bond acceptors (Lipinski definition) is 4. The van der Waals surface area contributed by atoms with Crippen molar-refractivity contribution in [1.82, 2.24) is 15.1 Å². The molecular weight excluding hydrogens is 216 g/mol. The Hall–Kier alpha value is -1.12. The second-order valence-corrected chi connectivity index (χ2v) is 4.81. The predicted octanol–water partition coefficient (Wildman–Crippen LogP) is 0.0407. The fourth-order valence-corrected chi connectivity index (χ4v) is 1.98. The molecule has 0 aromatic heterocycles. The number of nitrogens with zero attached hydrogens (tertiary/aromatic N) is 3. The first kappa shape index (κ1) is 13.9. The van der Waals surface area contributed by atoms with Crippen LogP contribution in [0.25, 0.3) is 0 Å². The Labute approximate surface area is 103 Å². The Bertz CT molecular complexity index is 289. The summed E-state index contributed by atoms with van der Waals surface area (Å²) in [5.41, 5.74) is 0. The Kier molecular flexibility index (Phi) is 5.39. The van der Waals surface area contributed by atoms with E-state index in [1.54, 1.807) is 0 Å². The number of rotatable bonds is 4. The van der Waals surface area contributed by atoms with Gasteiger partial charge in [0, 0.05) is 32.2 Å². The van der Waals surface area contributed by atoms with Gasteiger partial charge in [0.2, 0.25) is 5.91 Å². The van der Waals surface area contributed by atoms with Gasteiger partial charge in [0.25, 0.3) is 0 Å². The van der Waals surface area contributed by atoms with E-state index in [2.05, 4.69) is 21.2 Å². The van der Waals surface area contributed by atoms with E-state index in [-0.39, 0.29) is 18.0 Å². The van der Waals surface area contributed by atoms with Crippen molar-refractivity contribution in [2.45, 2.75) is 32.9 Å². The molecule has 1 N–H and O–H groups in total. The molecule has 96 valence electrons. The maximum Gasteiger partial charge on any atom is 0.237 e. The molecule has 1 rings (SSSR count). The highest BCUT2D eigenvalue weighted by Crippen LogP contribution is 2.06. The molecule has 1 aliphatic rings. The number of amides is 1. The SMILES string of the molecule is CC(C)NC(=O)C(C)N1CCN(CC#N)CC1. The van der Waals surface area contributed by atoms with Gasteiger partial charge in [0.05, 0.1) is 18.7 Å². The number of nitrogens with one attached hydrogen (secondary N) is 1. The molecular formula is C12H22N4O. The van der Waals surface area contributed by atoms with Gasteiger partial charge in [-0.15, -0.1) is 0 Å². The molecule has 1 aliphatic heterocycles. The van der Waals surface area contributed by atoms with Gasteiger partial charge < -0.3 is 5.32 Å². The quantitative estimate of drug-likeness (QED) is 0.703. The minimum Gasteiger partial charge on any atom is -0.353 e. The van der Waals surface area contributed by atoms with E-state index in [0.29, 0.717) is 6.54 Å². The minimum atomic E-state index is -0.0818. The van der Waals surface area contributed by atoms with E-state index in [1.807, 2.05) is 20.8 Å². The minimum absolute atomic E-state index is 0.0818. The zero-order valence-electron chi connectivity index (χ0n) is 10.9. The number of carbonyl (C=O) groups is 1. The predicted molar refractivity (Wildman–Crippen MR) is 66.4 cm³/mol. The van der Waals surface area contributed by atoms with Crippen LogP contribution in [0.2, 0.25) is 0 Å². The van der Waals surface area contributed by atoms with Gasteiger partial charge in [0.15, 0.2) is 0 Å². The molecule has 0 aromatic rings. The summed E-state index contributed by atoms with van der Waals surface area (Å²) in [6, 6.07) is 2.26. The zero-order chi connectivity index (χ0) is 12.8. The molecule has 5 heteroatoms. The summed E-state index contributed by atoms with van der Waals surface area (Å²) in [4.78, 5) is 16.1. The van der Waals surface area contributed by atoms with Gasteiger partial charge in [-0.1, -0.05) is 0 Å². The van der Waals surface area contributed by atoms with Crippen LogP contribution in [0.4, 0.5) is 0 Å². The van der Waals surface area contributed by atoms with Crippen molar-refractivity contribution in [3.8, 4) is 6.07 Å². The second kappa shape index (κ2) is 6.58. The Morgan fingerprint density at radius 3 is 2.35 bits per heavy atom. The van der Waals surface area contributed by atoms with Crippen LogP contribution >= 0.6 is 0 Å². The lowest BCUT2D eigenvalue weighted by molar-refractivity contribution is -0.127. The van der Waals surface area contributed by atoms with Crippen LogP contribution in [0, 0.1) is 11.3 Å². The monoisotopic (exact) mass is 238 g/mol. The van der Waals surface area contributed by atoms with Crippen LogP contribution in [0.1, 0.15) is 20.8 Å². The van der Waals surface area contributed by atoms with Crippen LogP contribution in [-0.4, -0.2) is 60.5 Å². The summed E-state index contributed by atoms with van der Waals surface area (Å²) in [5, 5.41) is 11.5. The summed E-state index contributed by atoms with van der Waals surface area (Å²) < 4.78 is 0. The molecule has 5 nitrogen and oxygen atoms in total. The van der Waals surface area contributed by atoms with Crippen LogP contribution in [0.3, 0.4) is 0 Å². The molecule has 1 atom stereocenters. The normalized spacial score (nSPS) is 19.9. The number of nitriles is 1. The Morgan fingerprint density at radius 2 is 1.88 bits per heavy atom. The third-order valence-electron chi connectivity index (χ3n) is 3.06. The van der Waals surface area contributed by atoms with Crippen molar-refractivity contribution in [2.75, 3.05) is 32.7 Å². The smallest absolute Gasteiger partial charge is 0.237 e. The Balaban J connectivity index is 2.38. The molecule has 1 heterocycles. The summed E-state index contributed by atoms with van der Waals surface area (Å²) in [6.45, 7) is 9.81. The van der Waals surface area contributed by atoms with E-state index < -0.39 is 0 Å². The number of piperazine rings is 1. The van der Waals surface area contributed by atoms with Gasteiger partial charge in [-0.2, -0.15) is 5.26 Å². The van der Waals surface area contributed by atoms with E-state index in [1.165, 1.54) is 0 Å². The largest absolute Gasteiger partial charge is 0.353 e. The number of hydrogen-bond donors (Lipinski definition) is 1. The lowest BCUT2D eigenvalue weighted by Crippen LogP contribution is -2.54. The fourth-order valence-electron chi connectivity index (χ4n) is 1.98. The summed E-state index contributed by atoms with van der Waals surface area (Å²) in [6.07, 6.45) is 0. The van der Waals surface area contributed by atoms with Gasteiger partial charge in [0.1, 0.15) is 0 Å². The van der Waals surface area contributed by atoms with Crippen molar-refractivity contribution in [3.05, 3.63) is 0 Å². The molecule has 0 aromatic carbocycles. The molecule has 0 spiro atoms. The van der Waals surface area contributed by atoms with Crippen molar-refractivity contribution in [2.24, 2.45) is 0 Å². The molecule has 0 saturated carbocycles. The van der Waals surface area contributed by atoms with Gasteiger partial charge >= 0.3 is 0 Å². The molecule has 0 bridgehead atoms. The molecule has 1 unspecified atom stereocenters. The fraction of sp³-hybridized carbons (Fsp3) is 0.833. The standard InChI is InChI=1S/C12H22N4O/c1-10(2)14-12(17)11(3)16-8-6-15(5-4-13)7-9-16/h10-11H,5-9H2,1-3H3,(H,14,17). The maximum atomic E-state index is 11.8. The van der Waals surface area contributed by atoms with Crippen LogP contribution in [0.15, 0.2) is 0 Å². The topological polar surface area (TPSA) is 59.4 Å². The Morgan fingerprint density at radius 1 is 1.29 bits per heavy atom. The lowest BCUT2D eigenvalue weighted by atomic mass is 10.2. The van der Waals surface area contributed by atoms with Crippen molar-refractivity contribution < 1.29 is 4.79 Å². The summed E-state index contributed by atoms with van der Waals surface area (Å²) in [7, 11) is 0. The molecule has 0 radical (unpaired) electrons. The van der Waals surface area contributed by atoms with Crippen molar-refractivity contribution in [1.29, 1.82) is 5.26 Å². The third kappa shape index (κ3) is 4.33. The van der Waals surface area contributed by atoms with Crippen LogP contribution in [0.5, 0.6) is 0 Å². The first-order chi connectivity index (χ1) is 8.04. The van der Waals surface area contributed by atoms with E-state index in [0.717, 1.165) is 26.2 Å². The average Bonchev–Trinajstić information content (AvgIpc) is 2.28. The highest BCUT2D eigenvalue weighted by molar-refractivity contribution is 5.81. The van der Waals surface area contributed by atoms with Crippen LogP contribution in [-0.2, 0) is 4.79 Å². The lowest BCUT2D eigenvalue weighted by Gasteiger charge is -2.36. The van der Waals surface area contributed by atoms with E-state index in [9.17, 15) is 4.79 Å². The van der Waals surface area contributed by atoms with Crippen LogP contribution < -0.4 is 5.32 Å². The maximum absolute atomic E-state index is 11.8. The molecule has 1 saturated heterocycles. The molecule has 1 fully saturated rings. The average molecular weight is 238 g/mol. The summed E-state index contributed by atoms with van der Waals surface area (Å²) >= 11 is 0. The molecule has 1 amide bonds. The molecule has 17 heavy (non-hydrogen) atoms. The first-order valence-electron chi connectivity index (χ1n) is 6.18. The van der Waals surface area contributed by atoms with E-state index >= 15 is 0 Å². The zero-order valence-corrected chi connectivity index (χ0v) is 10.9. The van der Waals surface area contributed by atoms with Gasteiger partial charge in [-0.25, -0.2) is 0 Å². The third-order valence-corrected chi connectivity index (χ3v) is 3.06. The first-order valence-corrected chi connectivity index (χ1v) is 6.18.